The average molecular weight is 329 g/mol. The van der Waals surface area contributed by atoms with Crippen molar-refractivity contribution in [3.63, 3.8) is 0 Å². The fraction of sp³-hybridized carbons (Fsp3) is 0.357. The molecule has 114 valence electrons. The summed E-state index contributed by atoms with van der Waals surface area (Å²) in [5.41, 5.74) is 0.816. The molecule has 0 aromatic heterocycles. The summed E-state index contributed by atoms with van der Waals surface area (Å²) in [6.45, 7) is 4.31. The lowest BCUT2D eigenvalue weighted by molar-refractivity contribution is 0.0958. The lowest BCUT2D eigenvalue weighted by Gasteiger charge is -2.28. The first kappa shape index (κ1) is 15.9. The number of rotatable bonds is 4. The third-order valence-electron chi connectivity index (χ3n) is 3.24. The Balaban J connectivity index is 2.26. The van der Waals surface area contributed by atoms with Gasteiger partial charge >= 0.3 is 0 Å². The summed E-state index contributed by atoms with van der Waals surface area (Å²) in [5, 5.41) is 2.86. The highest BCUT2D eigenvalue weighted by molar-refractivity contribution is 7.92. The van der Waals surface area contributed by atoms with Gasteiger partial charge in [-0.15, -0.1) is 6.58 Å². The summed E-state index contributed by atoms with van der Waals surface area (Å²) in [6.07, 6.45) is 3.06. The minimum absolute atomic E-state index is 0.145. The maximum absolute atomic E-state index is 12.0. The van der Waals surface area contributed by atoms with Crippen molar-refractivity contribution < 1.29 is 13.2 Å². The quantitative estimate of drug-likeness (QED) is 0.861. The Kier molecular flexibility index (Phi) is 4.90. The largest absolute Gasteiger partial charge is 0.349 e. The van der Waals surface area contributed by atoms with E-state index in [1.165, 1.54) is 10.4 Å². The maximum Gasteiger partial charge on any atom is 0.253 e. The minimum Gasteiger partial charge on any atom is -0.349 e. The third kappa shape index (κ3) is 3.57. The molecule has 5 nitrogen and oxygen atoms in total. The highest BCUT2D eigenvalue weighted by atomic mass is 35.5. The van der Waals surface area contributed by atoms with Crippen LogP contribution in [0.4, 0.5) is 5.69 Å². The zero-order chi connectivity index (χ0) is 15.5. The summed E-state index contributed by atoms with van der Waals surface area (Å²) in [4.78, 5) is 11.9. The number of sulfonamides is 1. The molecule has 0 saturated carbocycles. The number of halogens is 1. The molecule has 21 heavy (non-hydrogen) atoms. The van der Waals surface area contributed by atoms with Gasteiger partial charge < -0.3 is 5.32 Å². The van der Waals surface area contributed by atoms with Gasteiger partial charge in [0.15, 0.2) is 0 Å². The van der Waals surface area contributed by atoms with Crippen LogP contribution in [0.1, 0.15) is 23.2 Å². The molecule has 0 aliphatic carbocycles. The van der Waals surface area contributed by atoms with Gasteiger partial charge in [-0.1, -0.05) is 17.7 Å². The molecule has 1 aliphatic heterocycles. The number of carbonyl (C=O) groups is 1. The molecule has 0 spiro atoms. The molecule has 1 aromatic carbocycles. The van der Waals surface area contributed by atoms with E-state index in [0.717, 1.165) is 6.42 Å². The van der Waals surface area contributed by atoms with Crippen LogP contribution >= 0.6 is 11.6 Å². The van der Waals surface area contributed by atoms with Crippen LogP contribution in [0.15, 0.2) is 30.9 Å². The molecule has 1 aliphatic rings. The molecule has 0 bridgehead atoms. The standard InChI is InChI=1S/C14H17ClN2O3S/c1-2-7-16-14(18)12-6-5-11(10-13(12)15)17-8-3-4-9-21(17,19)20/h2,5-6,10H,1,3-4,7-9H2,(H,16,18). The second-order valence-electron chi connectivity index (χ2n) is 4.76. The van der Waals surface area contributed by atoms with Crippen molar-refractivity contribution in [1.29, 1.82) is 0 Å². The normalized spacial score (nSPS) is 17.3. The molecular weight excluding hydrogens is 312 g/mol. The molecule has 0 unspecified atom stereocenters. The van der Waals surface area contributed by atoms with Gasteiger partial charge in [-0.05, 0) is 31.0 Å². The summed E-state index contributed by atoms with van der Waals surface area (Å²) < 4.78 is 25.4. The van der Waals surface area contributed by atoms with Gasteiger partial charge in [0, 0.05) is 13.1 Å². The molecule has 0 atom stereocenters. The average Bonchev–Trinajstić information content (AvgIpc) is 2.44. The molecule has 0 radical (unpaired) electrons. The number of benzene rings is 1. The van der Waals surface area contributed by atoms with E-state index in [0.29, 0.717) is 30.8 Å². The number of carbonyl (C=O) groups excluding carboxylic acids is 1. The van der Waals surface area contributed by atoms with E-state index >= 15 is 0 Å². The topological polar surface area (TPSA) is 66.5 Å². The summed E-state index contributed by atoms with van der Waals surface area (Å²) >= 11 is 6.11. The Morgan fingerprint density at radius 3 is 2.81 bits per heavy atom. The SMILES string of the molecule is C=CCNC(=O)c1ccc(N2CCCCS2(=O)=O)cc1Cl. The Labute approximate surface area is 129 Å². The molecule has 1 fully saturated rings. The van der Waals surface area contributed by atoms with E-state index in [-0.39, 0.29) is 16.7 Å². The molecule has 1 saturated heterocycles. The van der Waals surface area contributed by atoms with Gasteiger partial charge in [-0.2, -0.15) is 0 Å². The fourth-order valence-electron chi connectivity index (χ4n) is 2.18. The van der Waals surface area contributed by atoms with Crippen molar-refractivity contribution >= 4 is 33.2 Å². The Morgan fingerprint density at radius 1 is 1.43 bits per heavy atom. The van der Waals surface area contributed by atoms with E-state index in [2.05, 4.69) is 11.9 Å². The van der Waals surface area contributed by atoms with Crippen molar-refractivity contribution in [2.24, 2.45) is 0 Å². The Morgan fingerprint density at radius 2 is 2.19 bits per heavy atom. The molecule has 1 amide bonds. The molecule has 7 heteroatoms. The van der Waals surface area contributed by atoms with E-state index < -0.39 is 10.0 Å². The van der Waals surface area contributed by atoms with Crippen molar-refractivity contribution in [1.82, 2.24) is 5.32 Å². The van der Waals surface area contributed by atoms with Crippen LogP contribution in [0.3, 0.4) is 0 Å². The summed E-state index contributed by atoms with van der Waals surface area (Å²) in [5.74, 6) is -0.167. The van der Waals surface area contributed by atoms with Crippen molar-refractivity contribution in [2.45, 2.75) is 12.8 Å². The second kappa shape index (κ2) is 6.49. The monoisotopic (exact) mass is 328 g/mol. The number of hydrogen-bond acceptors (Lipinski definition) is 3. The Bertz CT molecular complexity index is 658. The van der Waals surface area contributed by atoms with E-state index in [9.17, 15) is 13.2 Å². The van der Waals surface area contributed by atoms with Crippen molar-refractivity contribution in [2.75, 3.05) is 23.1 Å². The van der Waals surface area contributed by atoms with E-state index in [1.54, 1.807) is 18.2 Å². The van der Waals surface area contributed by atoms with Gasteiger partial charge in [-0.25, -0.2) is 8.42 Å². The van der Waals surface area contributed by atoms with Crippen LogP contribution in [0.5, 0.6) is 0 Å². The highest BCUT2D eigenvalue weighted by Crippen LogP contribution is 2.28. The first-order chi connectivity index (χ1) is 9.95. The number of amides is 1. The van der Waals surface area contributed by atoms with Crippen LogP contribution < -0.4 is 9.62 Å². The van der Waals surface area contributed by atoms with Crippen LogP contribution in [0, 0.1) is 0 Å². The smallest absolute Gasteiger partial charge is 0.253 e. The zero-order valence-corrected chi connectivity index (χ0v) is 13.1. The van der Waals surface area contributed by atoms with Crippen LogP contribution in [0.25, 0.3) is 0 Å². The number of hydrogen-bond donors (Lipinski definition) is 1. The number of anilines is 1. The minimum atomic E-state index is -3.28. The third-order valence-corrected chi connectivity index (χ3v) is 5.42. The molecular formula is C14H17ClN2O3S. The highest BCUT2D eigenvalue weighted by Gasteiger charge is 2.26. The van der Waals surface area contributed by atoms with Crippen molar-refractivity contribution in [3.05, 3.63) is 41.4 Å². The number of nitrogens with one attached hydrogen (secondary N) is 1. The molecule has 1 aromatic rings. The van der Waals surface area contributed by atoms with Gasteiger partial charge in [0.25, 0.3) is 5.91 Å². The van der Waals surface area contributed by atoms with Gasteiger partial charge in [-0.3, -0.25) is 9.10 Å². The number of nitrogens with zero attached hydrogens (tertiary/aromatic N) is 1. The predicted octanol–water partition coefficient (Wildman–Crippen LogP) is 2.19. The van der Waals surface area contributed by atoms with E-state index in [1.807, 2.05) is 0 Å². The molecule has 1 N–H and O–H groups in total. The van der Waals surface area contributed by atoms with Gasteiger partial charge in [0.2, 0.25) is 10.0 Å². The van der Waals surface area contributed by atoms with Crippen LogP contribution in [0.2, 0.25) is 5.02 Å². The van der Waals surface area contributed by atoms with Crippen LogP contribution in [-0.2, 0) is 10.0 Å². The van der Waals surface area contributed by atoms with Gasteiger partial charge in [0.1, 0.15) is 0 Å². The van der Waals surface area contributed by atoms with E-state index in [4.69, 9.17) is 11.6 Å². The first-order valence-corrected chi connectivity index (χ1v) is 8.63. The lowest BCUT2D eigenvalue weighted by atomic mass is 10.2. The van der Waals surface area contributed by atoms with Crippen molar-refractivity contribution in [3.8, 4) is 0 Å². The first-order valence-electron chi connectivity index (χ1n) is 6.65. The molecule has 2 rings (SSSR count). The summed E-state index contributed by atoms with van der Waals surface area (Å²) in [7, 11) is -3.28. The van der Waals surface area contributed by atoms with Crippen LogP contribution in [-0.4, -0.2) is 33.2 Å². The second-order valence-corrected chi connectivity index (χ2v) is 7.18. The Hall–Kier alpha value is -1.53. The summed E-state index contributed by atoms with van der Waals surface area (Å²) in [6, 6.07) is 4.67. The van der Waals surface area contributed by atoms with Gasteiger partial charge in [0.05, 0.1) is 22.0 Å². The maximum atomic E-state index is 12.0. The lowest BCUT2D eigenvalue weighted by Crippen LogP contribution is -2.37. The zero-order valence-electron chi connectivity index (χ0n) is 11.5. The molecule has 1 heterocycles. The fourth-order valence-corrected chi connectivity index (χ4v) is 4.07. The predicted molar refractivity (Wildman–Crippen MR) is 84.3 cm³/mol.